The number of hydrogen-bond acceptors (Lipinski definition) is 1. The first-order chi connectivity index (χ1) is 8.20. The molecule has 0 atom stereocenters. The summed E-state index contributed by atoms with van der Waals surface area (Å²) < 4.78 is 0. The van der Waals surface area contributed by atoms with Crippen LogP contribution in [0, 0.1) is 6.92 Å². The lowest BCUT2D eigenvalue weighted by molar-refractivity contribution is 0.341. The molecule has 1 nitrogen and oxygen atoms in total. The van der Waals surface area contributed by atoms with E-state index in [1.54, 1.807) is 0 Å². The van der Waals surface area contributed by atoms with Crippen LogP contribution in [0.2, 0.25) is 0 Å². The maximum Gasteiger partial charge on any atom is -0.00219 e. The van der Waals surface area contributed by atoms with Crippen molar-refractivity contribution in [2.75, 3.05) is 20.1 Å². The summed E-state index contributed by atoms with van der Waals surface area (Å²) >= 11 is 0. The molecule has 0 aliphatic heterocycles. The van der Waals surface area contributed by atoms with Gasteiger partial charge in [0, 0.05) is 0 Å². The fraction of sp³-hybridized carbons (Fsp3) is 0.625. The lowest BCUT2D eigenvalue weighted by Gasteiger charge is -2.12. The molecule has 1 heteroatoms. The maximum atomic E-state index is 2.37. The normalized spacial score (nSPS) is 9.94. The first kappa shape index (κ1) is 16.2. The Morgan fingerprint density at radius 3 is 2.00 bits per heavy atom. The van der Waals surface area contributed by atoms with Gasteiger partial charge in [-0.15, -0.1) is 0 Å². The molecule has 17 heavy (non-hydrogen) atoms. The van der Waals surface area contributed by atoms with E-state index in [1.165, 1.54) is 44.3 Å². The number of benzene rings is 1. The molecule has 0 radical (unpaired) electrons. The summed E-state index contributed by atoms with van der Waals surface area (Å²) in [5.41, 5.74) is 1.32. The van der Waals surface area contributed by atoms with E-state index in [0.29, 0.717) is 0 Å². The second-order valence-electron chi connectivity index (χ2n) is 4.61. The average molecular weight is 235 g/mol. The van der Waals surface area contributed by atoms with Crippen LogP contribution < -0.4 is 0 Å². The second-order valence-corrected chi connectivity index (χ2v) is 4.61. The van der Waals surface area contributed by atoms with Gasteiger partial charge < -0.3 is 4.90 Å². The average Bonchev–Trinajstić information content (AvgIpc) is 2.36. The Kier molecular flexibility index (Phi) is 11.1. The van der Waals surface area contributed by atoms with Crippen molar-refractivity contribution >= 4 is 0 Å². The van der Waals surface area contributed by atoms with Gasteiger partial charge in [0.05, 0.1) is 0 Å². The molecule has 0 spiro atoms. The Balaban J connectivity index is 0.000000318. The van der Waals surface area contributed by atoms with Crippen LogP contribution in [0.4, 0.5) is 0 Å². The van der Waals surface area contributed by atoms with E-state index in [4.69, 9.17) is 0 Å². The minimum absolute atomic E-state index is 1.19. The Morgan fingerprint density at radius 1 is 0.941 bits per heavy atom. The Bertz CT molecular complexity index is 243. The molecule has 0 unspecified atom stereocenters. The zero-order chi connectivity index (χ0) is 12.9. The fourth-order valence-electron chi connectivity index (χ4n) is 1.50. The van der Waals surface area contributed by atoms with Gasteiger partial charge in [-0.3, -0.25) is 0 Å². The summed E-state index contributed by atoms with van der Waals surface area (Å²) in [7, 11) is 2.19. The van der Waals surface area contributed by atoms with Crippen LogP contribution in [0.15, 0.2) is 30.3 Å². The van der Waals surface area contributed by atoms with Gasteiger partial charge in [0.2, 0.25) is 0 Å². The molecule has 0 saturated carbocycles. The van der Waals surface area contributed by atoms with E-state index in [0.717, 1.165) is 0 Å². The second kappa shape index (κ2) is 11.7. The van der Waals surface area contributed by atoms with Crippen LogP contribution in [0.25, 0.3) is 0 Å². The third-order valence-corrected chi connectivity index (χ3v) is 2.87. The van der Waals surface area contributed by atoms with Crippen molar-refractivity contribution in [2.24, 2.45) is 0 Å². The summed E-state index contributed by atoms with van der Waals surface area (Å²) in [6, 6.07) is 10.3. The third-order valence-electron chi connectivity index (χ3n) is 2.87. The van der Waals surface area contributed by atoms with Gasteiger partial charge in [-0.05, 0) is 33.5 Å². The molecule has 0 heterocycles. The van der Waals surface area contributed by atoms with Gasteiger partial charge in [-0.1, -0.05) is 69.0 Å². The van der Waals surface area contributed by atoms with Crippen molar-refractivity contribution < 1.29 is 0 Å². The topological polar surface area (TPSA) is 3.24 Å². The van der Waals surface area contributed by atoms with Crippen molar-refractivity contribution in [3.63, 3.8) is 0 Å². The highest BCUT2D eigenvalue weighted by molar-refractivity contribution is 5.11. The molecule has 0 amide bonds. The third kappa shape index (κ3) is 11.4. The van der Waals surface area contributed by atoms with Gasteiger partial charge in [-0.25, -0.2) is 0 Å². The van der Waals surface area contributed by atoms with Crippen molar-refractivity contribution in [1.82, 2.24) is 4.90 Å². The van der Waals surface area contributed by atoms with Gasteiger partial charge in [0.1, 0.15) is 0 Å². The largest absolute Gasteiger partial charge is 0.307 e. The maximum absolute atomic E-state index is 2.37. The highest BCUT2D eigenvalue weighted by atomic mass is 15.1. The number of rotatable bonds is 6. The summed E-state index contributed by atoms with van der Waals surface area (Å²) in [5, 5.41) is 0. The zero-order valence-corrected chi connectivity index (χ0v) is 12.1. The van der Waals surface area contributed by atoms with Crippen molar-refractivity contribution in [3.8, 4) is 0 Å². The number of unbranched alkanes of at least 4 members (excludes halogenated alkanes) is 3. The number of hydrogen-bond donors (Lipinski definition) is 0. The summed E-state index contributed by atoms with van der Waals surface area (Å²) in [5.74, 6) is 0. The molecule has 98 valence electrons. The van der Waals surface area contributed by atoms with Crippen LogP contribution in [-0.4, -0.2) is 25.0 Å². The van der Waals surface area contributed by atoms with E-state index in [2.05, 4.69) is 44.9 Å². The predicted octanol–water partition coefficient (Wildman–Crippen LogP) is 4.51. The summed E-state index contributed by atoms with van der Waals surface area (Å²) in [6.45, 7) is 9.01. The van der Waals surface area contributed by atoms with E-state index in [-0.39, 0.29) is 0 Å². The molecule has 0 aromatic heterocycles. The monoisotopic (exact) mass is 235 g/mol. The quantitative estimate of drug-likeness (QED) is 0.656. The van der Waals surface area contributed by atoms with E-state index in [1.807, 2.05) is 18.2 Å². The lowest BCUT2D eigenvalue weighted by Crippen LogP contribution is -2.18. The van der Waals surface area contributed by atoms with E-state index < -0.39 is 0 Å². The van der Waals surface area contributed by atoms with E-state index in [9.17, 15) is 0 Å². The van der Waals surface area contributed by atoms with Crippen LogP contribution in [0.5, 0.6) is 0 Å². The standard InChI is InChI=1S/C9H21N.C7H8/c1-4-6-7-8-9-10(3)5-2;1-7-5-3-2-4-6-7/h4-9H2,1-3H3;2-6H,1H3. The molecule has 0 N–H and O–H groups in total. The molecular formula is C16H29N. The molecule has 0 bridgehead atoms. The van der Waals surface area contributed by atoms with E-state index >= 15 is 0 Å². The number of aryl methyl sites for hydroxylation is 1. The first-order valence-electron chi connectivity index (χ1n) is 6.90. The van der Waals surface area contributed by atoms with Crippen LogP contribution in [0.3, 0.4) is 0 Å². The van der Waals surface area contributed by atoms with Gasteiger partial charge in [-0.2, -0.15) is 0 Å². The van der Waals surface area contributed by atoms with Crippen molar-refractivity contribution in [1.29, 1.82) is 0 Å². The molecule has 0 fully saturated rings. The number of nitrogens with zero attached hydrogens (tertiary/aromatic N) is 1. The lowest BCUT2D eigenvalue weighted by atomic mass is 10.2. The van der Waals surface area contributed by atoms with Gasteiger partial charge >= 0.3 is 0 Å². The van der Waals surface area contributed by atoms with Crippen LogP contribution in [0.1, 0.15) is 45.1 Å². The minimum Gasteiger partial charge on any atom is -0.307 e. The molecular weight excluding hydrogens is 206 g/mol. The molecule has 1 rings (SSSR count). The van der Waals surface area contributed by atoms with Crippen LogP contribution >= 0.6 is 0 Å². The molecule has 0 aliphatic rings. The molecule has 0 saturated heterocycles. The Labute approximate surface area is 108 Å². The fourth-order valence-corrected chi connectivity index (χ4v) is 1.50. The molecule has 0 aliphatic carbocycles. The Hall–Kier alpha value is -0.820. The minimum atomic E-state index is 1.19. The van der Waals surface area contributed by atoms with Crippen LogP contribution in [-0.2, 0) is 0 Å². The zero-order valence-electron chi connectivity index (χ0n) is 12.1. The first-order valence-corrected chi connectivity index (χ1v) is 6.90. The smallest absolute Gasteiger partial charge is 0.00219 e. The highest BCUT2D eigenvalue weighted by Gasteiger charge is 1.92. The van der Waals surface area contributed by atoms with Gasteiger partial charge in [0.15, 0.2) is 0 Å². The van der Waals surface area contributed by atoms with Crippen molar-refractivity contribution in [2.45, 2.75) is 46.5 Å². The highest BCUT2D eigenvalue weighted by Crippen LogP contribution is 1.99. The molecule has 1 aromatic rings. The SMILES string of the molecule is CCCCCCN(C)CC.Cc1ccccc1. The van der Waals surface area contributed by atoms with Crippen molar-refractivity contribution in [3.05, 3.63) is 35.9 Å². The summed E-state index contributed by atoms with van der Waals surface area (Å²) in [4.78, 5) is 2.37. The predicted molar refractivity (Wildman–Crippen MR) is 78.5 cm³/mol. The molecule has 1 aromatic carbocycles. The Morgan fingerprint density at radius 2 is 1.59 bits per heavy atom. The summed E-state index contributed by atoms with van der Waals surface area (Å²) in [6.07, 6.45) is 5.52. The van der Waals surface area contributed by atoms with Gasteiger partial charge in [0.25, 0.3) is 0 Å².